The molecular formula is C16H21ClN4O2. The fourth-order valence-corrected chi connectivity index (χ4v) is 2.61. The third kappa shape index (κ3) is 4.03. The third-order valence-corrected chi connectivity index (χ3v) is 3.77. The number of carbonyl (C=O) groups is 1. The highest BCUT2D eigenvalue weighted by Crippen LogP contribution is 2.19. The number of methoxy groups -OCH3 is 1. The molecular weight excluding hydrogens is 316 g/mol. The number of benzene rings is 1. The van der Waals surface area contributed by atoms with Crippen LogP contribution in [0, 0.1) is 0 Å². The summed E-state index contributed by atoms with van der Waals surface area (Å²) in [5, 5.41) is 10.7. The van der Waals surface area contributed by atoms with Crippen LogP contribution < -0.4 is 15.4 Å². The monoisotopic (exact) mass is 336 g/mol. The fraction of sp³-hybridized carbons (Fsp3) is 0.375. The van der Waals surface area contributed by atoms with Crippen LogP contribution in [0.2, 0.25) is 0 Å². The largest absolute Gasteiger partial charge is 0.493 e. The SMILES string of the molecule is COc1cn(-c2ccccc2)nc1C(=O)N[C@H]1CCCNC1.Cl. The van der Waals surface area contributed by atoms with E-state index >= 15 is 0 Å². The first-order chi connectivity index (χ1) is 10.8. The molecule has 2 heterocycles. The molecule has 0 aliphatic carbocycles. The van der Waals surface area contributed by atoms with Crippen LogP contribution in [0.3, 0.4) is 0 Å². The second-order valence-corrected chi connectivity index (χ2v) is 5.34. The van der Waals surface area contributed by atoms with Crippen molar-refractivity contribution in [3.05, 3.63) is 42.2 Å². The first kappa shape index (κ1) is 17.3. The zero-order valence-corrected chi connectivity index (χ0v) is 13.8. The molecule has 0 saturated carbocycles. The van der Waals surface area contributed by atoms with Gasteiger partial charge in [-0.1, -0.05) is 18.2 Å². The van der Waals surface area contributed by atoms with Gasteiger partial charge < -0.3 is 15.4 Å². The Morgan fingerprint density at radius 2 is 2.17 bits per heavy atom. The van der Waals surface area contributed by atoms with Crippen LogP contribution >= 0.6 is 12.4 Å². The molecule has 7 heteroatoms. The van der Waals surface area contributed by atoms with Gasteiger partial charge in [0.15, 0.2) is 11.4 Å². The van der Waals surface area contributed by atoms with Crippen molar-refractivity contribution in [3.63, 3.8) is 0 Å². The number of rotatable bonds is 4. The minimum atomic E-state index is -0.194. The van der Waals surface area contributed by atoms with Crippen LogP contribution in [0.1, 0.15) is 23.3 Å². The normalized spacial score (nSPS) is 17.2. The van der Waals surface area contributed by atoms with Crippen LogP contribution in [0.4, 0.5) is 0 Å². The lowest BCUT2D eigenvalue weighted by molar-refractivity contribution is 0.0922. The average Bonchev–Trinajstić information content (AvgIpc) is 3.01. The van der Waals surface area contributed by atoms with Crippen LogP contribution in [0.15, 0.2) is 36.5 Å². The first-order valence-electron chi connectivity index (χ1n) is 7.48. The summed E-state index contributed by atoms with van der Waals surface area (Å²) in [6.07, 6.45) is 3.78. The maximum atomic E-state index is 12.4. The van der Waals surface area contributed by atoms with Crippen molar-refractivity contribution >= 4 is 18.3 Å². The molecule has 124 valence electrons. The second-order valence-electron chi connectivity index (χ2n) is 5.34. The summed E-state index contributed by atoms with van der Waals surface area (Å²) in [5.41, 5.74) is 1.20. The third-order valence-electron chi connectivity index (χ3n) is 3.77. The Morgan fingerprint density at radius 1 is 1.39 bits per heavy atom. The Balaban J connectivity index is 0.00000192. The first-order valence-corrected chi connectivity index (χ1v) is 7.48. The minimum absolute atomic E-state index is 0. The molecule has 1 atom stereocenters. The summed E-state index contributed by atoms with van der Waals surface area (Å²) in [6, 6.07) is 9.80. The quantitative estimate of drug-likeness (QED) is 0.893. The van der Waals surface area contributed by atoms with Gasteiger partial charge >= 0.3 is 0 Å². The van der Waals surface area contributed by atoms with Gasteiger partial charge in [-0.25, -0.2) is 4.68 Å². The topological polar surface area (TPSA) is 68.2 Å². The minimum Gasteiger partial charge on any atom is -0.493 e. The number of hydrogen-bond acceptors (Lipinski definition) is 4. The molecule has 1 fully saturated rings. The highest BCUT2D eigenvalue weighted by molar-refractivity contribution is 5.95. The van der Waals surface area contributed by atoms with Gasteiger partial charge in [0.25, 0.3) is 5.91 Å². The van der Waals surface area contributed by atoms with Crippen LogP contribution in [-0.2, 0) is 0 Å². The highest BCUT2D eigenvalue weighted by Gasteiger charge is 2.22. The summed E-state index contributed by atoms with van der Waals surface area (Å²) in [5.74, 6) is 0.283. The molecule has 23 heavy (non-hydrogen) atoms. The number of ether oxygens (including phenoxy) is 1. The molecule has 1 aliphatic heterocycles. The van der Waals surface area contributed by atoms with Crippen molar-refractivity contribution in [2.45, 2.75) is 18.9 Å². The van der Waals surface area contributed by atoms with Gasteiger partial charge in [-0.3, -0.25) is 4.79 Å². The van der Waals surface area contributed by atoms with Crippen LogP contribution in [0.5, 0.6) is 5.75 Å². The number of halogens is 1. The van der Waals surface area contributed by atoms with Crippen molar-refractivity contribution in [3.8, 4) is 11.4 Å². The van der Waals surface area contributed by atoms with E-state index in [4.69, 9.17) is 4.74 Å². The lowest BCUT2D eigenvalue weighted by atomic mass is 10.1. The molecule has 0 radical (unpaired) electrons. The molecule has 0 spiro atoms. The summed E-state index contributed by atoms with van der Waals surface area (Å²) in [6.45, 7) is 1.81. The number of carbonyl (C=O) groups excluding carboxylic acids is 1. The van der Waals surface area contributed by atoms with E-state index in [0.29, 0.717) is 11.4 Å². The number of nitrogens with one attached hydrogen (secondary N) is 2. The lowest BCUT2D eigenvalue weighted by Gasteiger charge is -2.23. The Morgan fingerprint density at radius 3 is 2.83 bits per heavy atom. The summed E-state index contributed by atoms with van der Waals surface area (Å²) < 4.78 is 6.96. The predicted molar refractivity (Wildman–Crippen MR) is 90.7 cm³/mol. The van der Waals surface area contributed by atoms with E-state index in [1.165, 1.54) is 0 Å². The van der Waals surface area contributed by atoms with Gasteiger partial charge in [0.1, 0.15) is 0 Å². The summed E-state index contributed by atoms with van der Waals surface area (Å²) in [4.78, 5) is 12.4. The van der Waals surface area contributed by atoms with Crippen molar-refractivity contribution < 1.29 is 9.53 Å². The van der Waals surface area contributed by atoms with Crippen LogP contribution in [0.25, 0.3) is 5.69 Å². The lowest BCUT2D eigenvalue weighted by Crippen LogP contribution is -2.45. The maximum Gasteiger partial charge on any atom is 0.275 e. The van der Waals surface area contributed by atoms with Crippen molar-refractivity contribution in [1.82, 2.24) is 20.4 Å². The number of aromatic nitrogens is 2. The summed E-state index contributed by atoms with van der Waals surface area (Å²) in [7, 11) is 1.55. The van der Waals surface area contributed by atoms with E-state index in [1.54, 1.807) is 18.0 Å². The number of nitrogens with zero attached hydrogens (tertiary/aromatic N) is 2. The van der Waals surface area contributed by atoms with Gasteiger partial charge in [0.2, 0.25) is 0 Å². The van der Waals surface area contributed by atoms with Crippen LogP contribution in [-0.4, -0.2) is 41.9 Å². The fourth-order valence-electron chi connectivity index (χ4n) is 2.61. The molecule has 0 bridgehead atoms. The van der Waals surface area contributed by atoms with Crippen molar-refractivity contribution in [2.24, 2.45) is 0 Å². The molecule has 2 aromatic rings. The zero-order valence-electron chi connectivity index (χ0n) is 13.0. The predicted octanol–water partition coefficient (Wildman–Crippen LogP) is 1.78. The Kier molecular flexibility index (Phi) is 6.01. The van der Waals surface area contributed by atoms with E-state index in [0.717, 1.165) is 31.6 Å². The maximum absolute atomic E-state index is 12.4. The van der Waals surface area contributed by atoms with Crippen molar-refractivity contribution in [2.75, 3.05) is 20.2 Å². The van der Waals surface area contributed by atoms with E-state index < -0.39 is 0 Å². The second kappa shape index (κ2) is 7.99. The summed E-state index contributed by atoms with van der Waals surface area (Å²) >= 11 is 0. The smallest absolute Gasteiger partial charge is 0.275 e. The van der Waals surface area contributed by atoms with Gasteiger partial charge in [-0.05, 0) is 31.5 Å². The average molecular weight is 337 g/mol. The molecule has 1 aliphatic rings. The molecule has 3 rings (SSSR count). The molecule has 1 aromatic carbocycles. The number of amides is 1. The molecule has 1 saturated heterocycles. The number of para-hydroxylation sites is 1. The molecule has 0 unspecified atom stereocenters. The van der Waals surface area contributed by atoms with Gasteiger partial charge in [0, 0.05) is 12.6 Å². The Labute approximate surface area is 141 Å². The number of hydrogen-bond donors (Lipinski definition) is 2. The Hall–Kier alpha value is -2.05. The van der Waals surface area contributed by atoms with Gasteiger partial charge in [-0.2, -0.15) is 5.10 Å². The van der Waals surface area contributed by atoms with Gasteiger partial charge in [0.05, 0.1) is 19.0 Å². The molecule has 1 aromatic heterocycles. The molecule has 6 nitrogen and oxygen atoms in total. The van der Waals surface area contributed by atoms with E-state index in [-0.39, 0.29) is 24.4 Å². The Bertz CT molecular complexity index is 639. The van der Waals surface area contributed by atoms with E-state index in [1.807, 2.05) is 30.3 Å². The van der Waals surface area contributed by atoms with E-state index in [2.05, 4.69) is 15.7 Å². The molecule has 2 N–H and O–H groups in total. The van der Waals surface area contributed by atoms with Gasteiger partial charge in [-0.15, -0.1) is 12.4 Å². The zero-order chi connectivity index (χ0) is 15.4. The molecule has 1 amide bonds. The highest BCUT2D eigenvalue weighted by atomic mass is 35.5. The van der Waals surface area contributed by atoms with Crippen molar-refractivity contribution in [1.29, 1.82) is 0 Å². The number of piperidine rings is 1. The standard InChI is InChI=1S/C16H20N4O2.ClH/c1-22-14-11-20(13-7-3-2-4-8-13)19-15(14)16(21)18-12-6-5-9-17-10-12;/h2-4,7-8,11-12,17H,5-6,9-10H2,1H3,(H,18,21);1H/t12-;/m0./s1. The van der Waals surface area contributed by atoms with E-state index in [9.17, 15) is 4.79 Å².